The second-order valence-corrected chi connectivity index (χ2v) is 16.6. The summed E-state index contributed by atoms with van der Waals surface area (Å²) in [6.45, 7) is 17.3. The number of aromatic nitrogens is 1. The Morgan fingerprint density at radius 2 is 1.75 bits per heavy atom. The number of allylic oxidation sites excluding steroid dienone is 3. The van der Waals surface area contributed by atoms with Gasteiger partial charge in [0.05, 0.1) is 5.60 Å². The second-order valence-electron chi connectivity index (χ2n) is 16.6. The Morgan fingerprint density at radius 1 is 1.00 bits per heavy atom. The third-order valence-corrected chi connectivity index (χ3v) is 13.3. The van der Waals surface area contributed by atoms with Crippen LogP contribution in [0.15, 0.2) is 41.7 Å². The van der Waals surface area contributed by atoms with Gasteiger partial charge in [0.15, 0.2) is 18.0 Å². The van der Waals surface area contributed by atoms with E-state index >= 15 is 0 Å². The van der Waals surface area contributed by atoms with Crippen LogP contribution in [0.5, 0.6) is 0 Å². The van der Waals surface area contributed by atoms with Crippen molar-refractivity contribution in [2.45, 2.75) is 146 Å². The van der Waals surface area contributed by atoms with Gasteiger partial charge >= 0.3 is 0 Å². The van der Waals surface area contributed by atoms with Crippen molar-refractivity contribution >= 4 is 10.9 Å². The first-order valence-electron chi connectivity index (χ1n) is 16.7. The lowest BCUT2D eigenvalue weighted by Crippen LogP contribution is -2.74. The number of H-pyrrole nitrogens is 1. The zero-order valence-electron chi connectivity index (χ0n) is 27.4. The number of benzene rings is 1. The average molecular weight is 602 g/mol. The van der Waals surface area contributed by atoms with Gasteiger partial charge in [0.25, 0.3) is 0 Å². The minimum atomic E-state index is -1.12. The Kier molecular flexibility index (Phi) is 5.24. The van der Waals surface area contributed by atoms with Crippen LogP contribution in [0.4, 0.5) is 0 Å². The SMILES string of the molecule is CC(C)=CCc1cccc2[nH]c3c(c12)C[C@@H]1CCC2(O)C45OC4C4OC(C6OC6(C)C)OC(C)(C)C4OC5=CC[C@]2(C)[C@@]31C. The molecule has 2 N–H and O–H groups in total. The van der Waals surface area contributed by atoms with Crippen molar-refractivity contribution in [3.63, 3.8) is 0 Å². The molecule has 9 rings (SSSR count). The van der Waals surface area contributed by atoms with Crippen molar-refractivity contribution in [2.24, 2.45) is 11.3 Å². The molecule has 10 atom stereocenters. The number of hydrogen-bond donors (Lipinski definition) is 2. The lowest BCUT2D eigenvalue weighted by Gasteiger charge is -2.64. The maximum atomic E-state index is 13.3. The van der Waals surface area contributed by atoms with E-state index in [1.807, 2.05) is 0 Å². The van der Waals surface area contributed by atoms with Crippen LogP contribution < -0.4 is 0 Å². The molecule has 5 fully saturated rings. The highest BCUT2D eigenvalue weighted by Gasteiger charge is 2.86. The number of hydrogen-bond acceptors (Lipinski definition) is 6. The van der Waals surface area contributed by atoms with Crippen LogP contribution in [0.3, 0.4) is 0 Å². The quantitative estimate of drug-likeness (QED) is 0.324. The van der Waals surface area contributed by atoms with Gasteiger partial charge in [-0.3, -0.25) is 0 Å². The number of fused-ring (bicyclic) bond motifs is 9. The molecular formula is C37H47NO6. The predicted octanol–water partition coefficient (Wildman–Crippen LogP) is 6.16. The summed E-state index contributed by atoms with van der Waals surface area (Å²) in [5.41, 5.74) is 3.00. The van der Waals surface area contributed by atoms with E-state index in [1.165, 1.54) is 33.3 Å². The minimum Gasteiger partial charge on any atom is -0.486 e. The molecule has 7 aliphatic rings. The Morgan fingerprint density at radius 3 is 2.48 bits per heavy atom. The van der Waals surface area contributed by atoms with Gasteiger partial charge in [0.1, 0.15) is 35.3 Å². The number of aliphatic hydroxyl groups is 1. The summed E-state index contributed by atoms with van der Waals surface area (Å²) in [6.07, 6.45) is 7.22. The predicted molar refractivity (Wildman–Crippen MR) is 166 cm³/mol. The molecule has 3 aliphatic carbocycles. The standard InChI is InChI=1S/C37H47NO6/c1-19(2)12-13-20-10-9-11-23-25(20)22-18-21-14-17-36(39)34(7,35(21,8)27(22)38-23)16-15-24-37(36)29(43-37)26-28(40-24)32(3,4)44-31(41-26)30-33(5,6)42-30/h9-12,15,21,26,28-31,38-39H,13-14,16-18H2,1-8H3/t21-,26?,28?,29?,30?,31?,34+,35+,36?,37?/m0/s1. The largest absolute Gasteiger partial charge is 0.486 e. The van der Waals surface area contributed by atoms with E-state index in [1.54, 1.807) is 0 Å². The van der Waals surface area contributed by atoms with Crippen molar-refractivity contribution in [3.05, 3.63) is 58.5 Å². The lowest BCUT2D eigenvalue weighted by atomic mass is 9.42. The maximum absolute atomic E-state index is 13.3. The molecule has 1 aromatic heterocycles. The Bertz CT molecular complexity index is 1660. The number of ether oxygens (including phenoxy) is 5. The minimum absolute atomic E-state index is 0.135. The van der Waals surface area contributed by atoms with Gasteiger partial charge in [0, 0.05) is 27.4 Å². The van der Waals surface area contributed by atoms with Crippen LogP contribution in [0.2, 0.25) is 0 Å². The summed E-state index contributed by atoms with van der Waals surface area (Å²) in [4.78, 5) is 3.93. The molecule has 4 aliphatic heterocycles. The monoisotopic (exact) mass is 601 g/mol. The Hall–Kier alpha value is -2.16. The molecule has 1 saturated carbocycles. The second kappa shape index (κ2) is 8.21. The fourth-order valence-electron chi connectivity index (χ4n) is 10.5. The molecule has 7 heteroatoms. The Balaban J connectivity index is 1.13. The fraction of sp³-hybridized carbons (Fsp3) is 0.676. The number of epoxide rings is 2. The van der Waals surface area contributed by atoms with Crippen molar-refractivity contribution in [2.75, 3.05) is 0 Å². The highest BCUT2D eigenvalue weighted by atomic mass is 16.8. The summed E-state index contributed by atoms with van der Waals surface area (Å²) in [6, 6.07) is 6.67. The van der Waals surface area contributed by atoms with E-state index in [4.69, 9.17) is 23.7 Å². The van der Waals surface area contributed by atoms with E-state index < -0.39 is 28.5 Å². The van der Waals surface area contributed by atoms with E-state index in [9.17, 15) is 5.11 Å². The van der Waals surface area contributed by atoms with Crippen LogP contribution in [0.1, 0.15) is 91.5 Å². The zero-order chi connectivity index (χ0) is 30.8. The maximum Gasteiger partial charge on any atom is 0.188 e. The van der Waals surface area contributed by atoms with Gasteiger partial charge in [-0.05, 0) is 103 Å². The Labute approximate surface area is 260 Å². The zero-order valence-corrected chi connectivity index (χ0v) is 27.4. The first kappa shape index (κ1) is 28.1. The third-order valence-electron chi connectivity index (χ3n) is 13.3. The normalized spacial score (nSPS) is 46.7. The van der Waals surface area contributed by atoms with Crippen molar-refractivity contribution in [3.8, 4) is 0 Å². The van der Waals surface area contributed by atoms with E-state index in [0.29, 0.717) is 12.3 Å². The molecule has 236 valence electrons. The van der Waals surface area contributed by atoms with Crippen molar-refractivity contribution in [1.29, 1.82) is 0 Å². The molecule has 4 saturated heterocycles. The van der Waals surface area contributed by atoms with Crippen molar-refractivity contribution < 1.29 is 28.8 Å². The van der Waals surface area contributed by atoms with Crippen molar-refractivity contribution in [1.82, 2.24) is 4.98 Å². The molecule has 7 unspecified atom stereocenters. The topological polar surface area (TPSA) is 88.8 Å². The molecule has 44 heavy (non-hydrogen) atoms. The molecule has 7 nitrogen and oxygen atoms in total. The van der Waals surface area contributed by atoms with Crippen LogP contribution in [-0.2, 0) is 41.9 Å². The van der Waals surface area contributed by atoms with Crippen LogP contribution in [0.25, 0.3) is 10.9 Å². The first-order chi connectivity index (χ1) is 20.7. The summed E-state index contributed by atoms with van der Waals surface area (Å²) >= 11 is 0. The smallest absolute Gasteiger partial charge is 0.188 e. The molecule has 1 aromatic carbocycles. The van der Waals surface area contributed by atoms with Gasteiger partial charge in [-0.2, -0.15) is 0 Å². The summed E-state index contributed by atoms with van der Waals surface area (Å²) in [5, 5.41) is 14.7. The van der Waals surface area contributed by atoms with E-state index in [2.05, 4.69) is 90.7 Å². The molecule has 0 radical (unpaired) electrons. The first-order valence-corrected chi connectivity index (χ1v) is 16.7. The highest BCUT2D eigenvalue weighted by Crippen LogP contribution is 2.75. The van der Waals surface area contributed by atoms with E-state index in [0.717, 1.165) is 31.4 Å². The van der Waals surface area contributed by atoms with Crippen LogP contribution in [0, 0.1) is 11.3 Å². The third kappa shape index (κ3) is 3.12. The number of nitrogens with one attached hydrogen (secondary N) is 1. The van der Waals surface area contributed by atoms with Gasteiger partial charge in [-0.25, -0.2) is 0 Å². The molecule has 0 amide bonds. The molecular weight excluding hydrogens is 554 g/mol. The summed E-state index contributed by atoms with van der Waals surface area (Å²) in [5.74, 6) is 1.21. The highest BCUT2D eigenvalue weighted by molar-refractivity contribution is 5.89. The van der Waals surface area contributed by atoms with Crippen LogP contribution in [-0.4, -0.2) is 63.2 Å². The van der Waals surface area contributed by atoms with Gasteiger partial charge < -0.3 is 33.8 Å². The van der Waals surface area contributed by atoms with Gasteiger partial charge in [-0.15, -0.1) is 0 Å². The lowest BCUT2D eigenvalue weighted by molar-refractivity contribution is -0.332. The van der Waals surface area contributed by atoms with Gasteiger partial charge in [0.2, 0.25) is 0 Å². The molecule has 1 spiro atoms. The van der Waals surface area contributed by atoms with E-state index in [-0.39, 0.29) is 35.4 Å². The van der Waals surface area contributed by atoms with Gasteiger partial charge in [-0.1, -0.05) is 37.6 Å². The van der Waals surface area contributed by atoms with Crippen LogP contribution >= 0.6 is 0 Å². The number of rotatable bonds is 3. The molecule has 0 bridgehead atoms. The summed E-state index contributed by atoms with van der Waals surface area (Å²) < 4.78 is 32.7. The molecule has 5 heterocycles. The summed E-state index contributed by atoms with van der Waals surface area (Å²) in [7, 11) is 0. The molecule has 2 aromatic rings. The fourth-order valence-corrected chi connectivity index (χ4v) is 10.5. The number of aromatic amines is 1. The average Bonchev–Trinajstić information content (AvgIpc) is 3.78.